The van der Waals surface area contributed by atoms with E-state index in [-0.39, 0.29) is 5.91 Å². The second-order valence-electron chi connectivity index (χ2n) is 5.39. The summed E-state index contributed by atoms with van der Waals surface area (Å²) in [7, 11) is 0. The summed E-state index contributed by atoms with van der Waals surface area (Å²) < 4.78 is 0. The van der Waals surface area contributed by atoms with Crippen LogP contribution < -0.4 is 5.73 Å². The van der Waals surface area contributed by atoms with Crippen molar-refractivity contribution in [2.24, 2.45) is 0 Å². The topological polar surface area (TPSA) is 49.6 Å². The van der Waals surface area contributed by atoms with Gasteiger partial charge in [-0.05, 0) is 29.6 Å². The predicted molar refractivity (Wildman–Crippen MR) is 91.4 cm³/mol. The van der Waals surface area contributed by atoms with Crippen LogP contribution in [0, 0.1) is 0 Å². The second kappa shape index (κ2) is 6.69. The largest absolute Gasteiger partial charge is 0.399 e. The van der Waals surface area contributed by atoms with Crippen LogP contribution in [0.3, 0.4) is 0 Å². The van der Waals surface area contributed by atoms with Gasteiger partial charge in [-0.2, -0.15) is 0 Å². The quantitative estimate of drug-likeness (QED) is 0.877. The Bertz CT molecular complexity index is 651. The fourth-order valence-electron chi connectivity index (χ4n) is 2.61. The molecule has 2 N–H and O–H groups in total. The highest BCUT2D eigenvalue weighted by Gasteiger charge is 2.23. The van der Waals surface area contributed by atoms with E-state index in [1.807, 2.05) is 4.90 Å². The molecule has 1 aromatic carbocycles. The van der Waals surface area contributed by atoms with Crippen molar-refractivity contribution in [1.82, 2.24) is 9.80 Å². The van der Waals surface area contributed by atoms with Crippen LogP contribution in [0.1, 0.15) is 15.2 Å². The van der Waals surface area contributed by atoms with E-state index in [2.05, 4.69) is 22.4 Å². The molecule has 6 heteroatoms. The maximum absolute atomic E-state index is 12.5. The summed E-state index contributed by atoms with van der Waals surface area (Å²) in [6, 6.07) is 9.27. The first kappa shape index (κ1) is 15.3. The van der Waals surface area contributed by atoms with Gasteiger partial charge in [-0.1, -0.05) is 17.7 Å². The Morgan fingerprint density at radius 1 is 1.23 bits per heavy atom. The van der Waals surface area contributed by atoms with Gasteiger partial charge >= 0.3 is 0 Å². The minimum absolute atomic E-state index is 0.0132. The number of carbonyl (C=O) groups excluding carboxylic acids is 1. The van der Waals surface area contributed by atoms with Gasteiger partial charge in [0.15, 0.2) is 0 Å². The molecule has 0 spiro atoms. The number of carbonyl (C=O) groups is 1. The van der Waals surface area contributed by atoms with E-state index in [1.165, 1.54) is 4.88 Å². The smallest absolute Gasteiger partial charge is 0.255 e. The fourth-order valence-corrected chi connectivity index (χ4v) is 3.62. The molecule has 0 saturated carbocycles. The molecule has 0 unspecified atom stereocenters. The van der Waals surface area contributed by atoms with E-state index in [1.54, 1.807) is 29.5 Å². The number of rotatable bonds is 3. The molecule has 1 saturated heterocycles. The average Bonchev–Trinajstić information content (AvgIpc) is 3.00. The number of thiophene rings is 1. The molecule has 0 bridgehead atoms. The van der Waals surface area contributed by atoms with E-state index in [4.69, 9.17) is 17.3 Å². The van der Waals surface area contributed by atoms with Crippen molar-refractivity contribution in [2.75, 3.05) is 31.9 Å². The number of nitrogen functional groups attached to an aromatic ring is 1. The molecule has 2 heterocycles. The third kappa shape index (κ3) is 3.43. The number of hydrogen-bond donors (Lipinski definition) is 1. The van der Waals surface area contributed by atoms with Crippen molar-refractivity contribution in [3.63, 3.8) is 0 Å². The number of anilines is 1. The Morgan fingerprint density at radius 3 is 2.64 bits per heavy atom. The maximum atomic E-state index is 12.5. The normalized spacial score (nSPS) is 16.0. The second-order valence-corrected chi connectivity index (χ2v) is 6.83. The number of hydrogen-bond acceptors (Lipinski definition) is 4. The molecule has 1 fully saturated rings. The van der Waals surface area contributed by atoms with Crippen molar-refractivity contribution in [3.05, 3.63) is 51.2 Å². The molecule has 3 rings (SSSR count). The molecule has 1 aliphatic heterocycles. The SMILES string of the molecule is Nc1ccc(C(=O)N2CCN(Cc3cccs3)CC2)c(Cl)c1. The van der Waals surface area contributed by atoms with Crippen LogP contribution in [0.15, 0.2) is 35.7 Å². The Kier molecular flexibility index (Phi) is 4.66. The molecular weight excluding hydrogens is 318 g/mol. The summed E-state index contributed by atoms with van der Waals surface area (Å²) in [4.78, 5) is 18.1. The zero-order chi connectivity index (χ0) is 15.5. The van der Waals surface area contributed by atoms with Crippen LogP contribution in [0.25, 0.3) is 0 Å². The van der Waals surface area contributed by atoms with Gasteiger partial charge in [0.2, 0.25) is 0 Å². The first-order chi connectivity index (χ1) is 10.6. The molecule has 1 aliphatic rings. The molecule has 0 atom stereocenters. The molecule has 1 amide bonds. The first-order valence-corrected chi connectivity index (χ1v) is 8.48. The van der Waals surface area contributed by atoms with Gasteiger partial charge in [0.1, 0.15) is 0 Å². The predicted octanol–water partition coefficient (Wildman–Crippen LogP) is 2.94. The van der Waals surface area contributed by atoms with Crippen LogP contribution in [0.2, 0.25) is 5.02 Å². The molecule has 116 valence electrons. The molecule has 0 aliphatic carbocycles. The summed E-state index contributed by atoms with van der Waals surface area (Å²) in [6.07, 6.45) is 0. The lowest BCUT2D eigenvalue weighted by Gasteiger charge is -2.34. The van der Waals surface area contributed by atoms with Gasteiger partial charge < -0.3 is 10.6 Å². The van der Waals surface area contributed by atoms with Gasteiger partial charge in [0.25, 0.3) is 5.91 Å². The highest BCUT2D eigenvalue weighted by molar-refractivity contribution is 7.09. The number of halogens is 1. The Hall–Kier alpha value is -1.56. The van der Waals surface area contributed by atoms with Crippen LogP contribution in [-0.2, 0) is 6.54 Å². The van der Waals surface area contributed by atoms with Crippen molar-refractivity contribution >= 4 is 34.5 Å². The molecular formula is C16H18ClN3OS. The number of nitrogens with two attached hydrogens (primary N) is 1. The van der Waals surface area contributed by atoms with Gasteiger partial charge in [0, 0.05) is 43.3 Å². The molecule has 22 heavy (non-hydrogen) atoms. The van der Waals surface area contributed by atoms with E-state index in [0.29, 0.717) is 16.3 Å². The highest BCUT2D eigenvalue weighted by atomic mass is 35.5. The molecule has 0 radical (unpaired) electrons. The zero-order valence-corrected chi connectivity index (χ0v) is 13.7. The zero-order valence-electron chi connectivity index (χ0n) is 12.2. The van der Waals surface area contributed by atoms with Gasteiger partial charge in [-0.3, -0.25) is 9.69 Å². The Balaban J connectivity index is 1.60. The average molecular weight is 336 g/mol. The van der Waals surface area contributed by atoms with Gasteiger partial charge in [-0.15, -0.1) is 11.3 Å². The van der Waals surface area contributed by atoms with Crippen molar-refractivity contribution in [3.8, 4) is 0 Å². The summed E-state index contributed by atoms with van der Waals surface area (Å²) in [5.74, 6) is -0.0132. The Morgan fingerprint density at radius 2 is 2.00 bits per heavy atom. The van der Waals surface area contributed by atoms with Gasteiger partial charge in [0.05, 0.1) is 10.6 Å². The summed E-state index contributed by atoms with van der Waals surface area (Å²) in [5.41, 5.74) is 6.78. The number of benzene rings is 1. The van der Waals surface area contributed by atoms with Gasteiger partial charge in [-0.25, -0.2) is 0 Å². The number of piperazine rings is 1. The van der Waals surface area contributed by atoms with E-state index >= 15 is 0 Å². The third-order valence-corrected chi connectivity index (χ3v) is 5.02. The van der Waals surface area contributed by atoms with E-state index < -0.39 is 0 Å². The van der Waals surface area contributed by atoms with Crippen LogP contribution in [0.5, 0.6) is 0 Å². The Labute approximate surface area is 139 Å². The van der Waals surface area contributed by atoms with E-state index in [9.17, 15) is 4.79 Å². The monoisotopic (exact) mass is 335 g/mol. The van der Waals surface area contributed by atoms with Crippen LogP contribution in [0.4, 0.5) is 5.69 Å². The standard InChI is InChI=1S/C16H18ClN3OS/c17-15-10-12(18)3-4-14(15)16(21)20-7-5-19(6-8-20)11-13-2-1-9-22-13/h1-4,9-10H,5-8,11,18H2. The third-order valence-electron chi connectivity index (χ3n) is 3.84. The molecule has 4 nitrogen and oxygen atoms in total. The van der Waals surface area contributed by atoms with Crippen LogP contribution >= 0.6 is 22.9 Å². The lowest BCUT2D eigenvalue weighted by Crippen LogP contribution is -2.48. The highest BCUT2D eigenvalue weighted by Crippen LogP contribution is 2.22. The lowest BCUT2D eigenvalue weighted by molar-refractivity contribution is 0.0630. The summed E-state index contributed by atoms with van der Waals surface area (Å²) in [6.45, 7) is 4.19. The van der Waals surface area contributed by atoms with E-state index in [0.717, 1.165) is 32.7 Å². The minimum atomic E-state index is -0.0132. The van der Waals surface area contributed by atoms with Crippen molar-refractivity contribution < 1.29 is 4.79 Å². The maximum Gasteiger partial charge on any atom is 0.255 e. The fraction of sp³-hybridized carbons (Fsp3) is 0.312. The van der Waals surface area contributed by atoms with Crippen molar-refractivity contribution in [2.45, 2.75) is 6.54 Å². The van der Waals surface area contributed by atoms with Crippen molar-refractivity contribution in [1.29, 1.82) is 0 Å². The number of amides is 1. The number of nitrogens with zero attached hydrogens (tertiary/aromatic N) is 2. The van der Waals surface area contributed by atoms with Crippen LogP contribution in [-0.4, -0.2) is 41.9 Å². The first-order valence-electron chi connectivity index (χ1n) is 7.22. The summed E-state index contributed by atoms with van der Waals surface area (Å²) in [5, 5.41) is 2.52. The molecule has 2 aromatic rings. The lowest BCUT2D eigenvalue weighted by atomic mass is 10.1. The minimum Gasteiger partial charge on any atom is -0.399 e. The molecule has 1 aromatic heterocycles. The summed E-state index contributed by atoms with van der Waals surface area (Å²) >= 11 is 7.90.